The zero-order valence-corrected chi connectivity index (χ0v) is 10.1. The van der Waals surface area contributed by atoms with Crippen LogP contribution in [0.1, 0.15) is 20.3 Å². The van der Waals surface area contributed by atoms with E-state index in [2.05, 4.69) is 24.1 Å². The van der Waals surface area contributed by atoms with E-state index < -0.39 is 4.92 Å². The molecule has 0 aromatic carbocycles. The van der Waals surface area contributed by atoms with Crippen molar-refractivity contribution in [1.82, 2.24) is 4.98 Å². The smallest absolute Gasteiger partial charge is 0.287 e. The Bertz CT molecular complexity index is 364. The van der Waals surface area contributed by atoms with E-state index in [4.69, 9.17) is 5.73 Å². The molecule has 1 aromatic rings. The number of nitro groups is 1. The molecule has 0 aliphatic heterocycles. The second-order valence-corrected chi connectivity index (χ2v) is 4.37. The number of nitrogens with one attached hydrogen (secondary N) is 1. The molecule has 0 saturated carbocycles. The van der Waals surface area contributed by atoms with Gasteiger partial charge in [-0.05, 0) is 18.4 Å². The van der Waals surface area contributed by atoms with Gasteiger partial charge in [-0.1, -0.05) is 13.8 Å². The Balaban J connectivity index is 2.64. The molecule has 0 bridgehead atoms. The lowest BCUT2D eigenvalue weighted by atomic mass is 10.0. The molecule has 0 fully saturated rings. The van der Waals surface area contributed by atoms with Gasteiger partial charge in [-0.15, -0.1) is 0 Å². The summed E-state index contributed by atoms with van der Waals surface area (Å²) in [6.45, 7) is 4.75. The summed E-state index contributed by atoms with van der Waals surface area (Å²) in [5, 5.41) is 13.6. The average molecular weight is 238 g/mol. The molecule has 0 aliphatic rings. The first-order chi connectivity index (χ1) is 8.02. The fourth-order valence-corrected chi connectivity index (χ4v) is 1.57. The molecule has 0 radical (unpaired) electrons. The summed E-state index contributed by atoms with van der Waals surface area (Å²) < 4.78 is 0. The Morgan fingerprint density at radius 2 is 2.24 bits per heavy atom. The number of aromatic nitrogens is 1. The monoisotopic (exact) mass is 238 g/mol. The van der Waals surface area contributed by atoms with Gasteiger partial charge in [0.25, 0.3) is 5.69 Å². The molecule has 0 spiro atoms. The summed E-state index contributed by atoms with van der Waals surface area (Å²) in [5.74, 6) is 1.15. The van der Waals surface area contributed by atoms with Gasteiger partial charge in [-0.3, -0.25) is 10.1 Å². The van der Waals surface area contributed by atoms with E-state index in [0.717, 1.165) is 6.42 Å². The zero-order valence-electron chi connectivity index (χ0n) is 10.1. The van der Waals surface area contributed by atoms with Crippen molar-refractivity contribution in [2.24, 2.45) is 11.7 Å². The van der Waals surface area contributed by atoms with Crippen molar-refractivity contribution in [2.45, 2.75) is 26.3 Å². The highest BCUT2D eigenvalue weighted by Gasteiger charge is 2.10. The maximum atomic E-state index is 10.5. The normalized spacial score (nSPS) is 12.5. The Morgan fingerprint density at radius 1 is 1.53 bits per heavy atom. The molecule has 94 valence electrons. The molecule has 0 aliphatic carbocycles. The number of hydrogen-bond donors (Lipinski definition) is 2. The van der Waals surface area contributed by atoms with Crippen LogP contribution in [0.15, 0.2) is 18.3 Å². The van der Waals surface area contributed by atoms with E-state index in [-0.39, 0.29) is 11.7 Å². The third-order valence-corrected chi connectivity index (χ3v) is 2.35. The lowest BCUT2D eigenvalue weighted by Crippen LogP contribution is -2.30. The van der Waals surface area contributed by atoms with Crippen molar-refractivity contribution in [3.05, 3.63) is 28.4 Å². The Kier molecular flexibility index (Phi) is 4.84. The van der Waals surface area contributed by atoms with Gasteiger partial charge < -0.3 is 11.1 Å². The Morgan fingerprint density at radius 3 is 2.65 bits per heavy atom. The van der Waals surface area contributed by atoms with Crippen molar-refractivity contribution in [1.29, 1.82) is 0 Å². The van der Waals surface area contributed by atoms with E-state index in [1.54, 1.807) is 6.07 Å². The van der Waals surface area contributed by atoms with Crippen molar-refractivity contribution in [2.75, 3.05) is 11.9 Å². The highest BCUT2D eigenvalue weighted by molar-refractivity contribution is 5.40. The molecule has 6 heteroatoms. The third-order valence-electron chi connectivity index (χ3n) is 2.35. The molecule has 1 unspecified atom stereocenters. The highest BCUT2D eigenvalue weighted by atomic mass is 16.6. The lowest BCUT2D eigenvalue weighted by Gasteiger charge is -2.19. The minimum Gasteiger partial charge on any atom is -0.366 e. The van der Waals surface area contributed by atoms with Gasteiger partial charge in [-0.25, -0.2) is 4.98 Å². The van der Waals surface area contributed by atoms with Gasteiger partial charge in [-0.2, -0.15) is 0 Å². The van der Waals surface area contributed by atoms with Crippen LogP contribution in [0.5, 0.6) is 0 Å². The predicted octanol–water partition coefficient (Wildman–Crippen LogP) is 1.78. The van der Waals surface area contributed by atoms with E-state index in [1.807, 2.05) is 0 Å². The SMILES string of the molecule is CC(C)CC(CN)Nc1ccc([N+](=O)[O-])cn1. The van der Waals surface area contributed by atoms with Gasteiger partial charge in [0.15, 0.2) is 0 Å². The van der Waals surface area contributed by atoms with Gasteiger partial charge in [0, 0.05) is 18.7 Å². The van der Waals surface area contributed by atoms with E-state index >= 15 is 0 Å². The minimum absolute atomic E-state index is 0.0105. The number of hydrogen-bond acceptors (Lipinski definition) is 5. The second-order valence-electron chi connectivity index (χ2n) is 4.37. The molecule has 1 atom stereocenters. The molecule has 0 saturated heterocycles. The van der Waals surface area contributed by atoms with E-state index in [1.165, 1.54) is 12.3 Å². The topological polar surface area (TPSA) is 94.1 Å². The first-order valence-electron chi connectivity index (χ1n) is 5.60. The van der Waals surface area contributed by atoms with Gasteiger partial charge >= 0.3 is 0 Å². The second kappa shape index (κ2) is 6.15. The highest BCUT2D eigenvalue weighted by Crippen LogP contribution is 2.14. The maximum Gasteiger partial charge on any atom is 0.287 e. The molecular weight excluding hydrogens is 220 g/mol. The zero-order chi connectivity index (χ0) is 12.8. The summed E-state index contributed by atoms with van der Waals surface area (Å²) in [5.41, 5.74) is 5.64. The van der Waals surface area contributed by atoms with Gasteiger partial charge in [0.1, 0.15) is 12.0 Å². The van der Waals surface area contributed by atoms with Crippen LogP contribution >= 0.6 is 0 Å². The fourth-order valence-electron chi connectivity index (χ4n) is 1.57. The molecule has 0 amide bonds. The lowest BCUT2D eigenvalue weighted by molar-refractivity contribution is -0.385. The van der Waals surface area contributed by atoms with Crippen LogP contribution < -0.4 is 11.1 Å². The Hall–Kier alpha value is -1.69. The van der Waals surface area contributed by atoms with Gasteiger partial charge in [0.2, 0.25) is 0 Å². The number of rotatable bonds is 6. The molecule has 17 heavy (non-hydrogen) atoms. The molecule has 1 heterocycles. The first kappa shape index (κ1) is 13.4. The van der Waals surface area contributed by atoms with Crippen LogP contribution in [-0.2, 0) is 0 Å². The van der Waals surface area contributed by atoms with E-state index in [0.29, 0.717) is 18.3 Å². The number of pyridine rings is 1. The predicted molar refractivity (Wildman–Crippen MR) is 66.8 cm³/mol. The fraction of sp³-hybridized carbons (Fsp3) is 0.545. The summed E-state index contributed by atoms with van der Waals surface area (Å²) >= 11 is 0. The molecular formula is C11H18N4O2. The van der Waals surface area contributed by atoms with Crippen LogP contribution in [0.3, 0.4) is 0 Å². The van der Waals surface area contributed by atoms with Crippen LogP contribution in [0.25, 0.3) is 0 Å². The Labute approximate surface area is 100 Å². The summed E-state index contributed by atoms with van der Waals surface area (Å²) in [6.07, 6.45) is 2.18. The van der Waals surface area contributed by atoms with Gasteiger partial charge in [0.05, 0.1) is 4.92 Å². The first-order valence-corrected chi connectivity index (χ1v) is 5.60. The maximum absolute atomic E-state index is 10.5. The summed E-state index contributed by atoms with van der Waals surface area (Å²) in [7, 11) is 0. The van der Waals surface area contributed by atoms with Crippen molar-refractivity contribution < 1.29 is 4.92 Å². The standard InChI is InChI=1S/C11H18N4O2/c1-8(2)5-9(6-12)14-11-4-3-10(7-13-11)15(16)17/h3-4,7-9H,5-6,12H2,1-2H3,(H,13,14). The third kappa shape index (κ3) is 4.36. The number of anilines is 1. The largest absolute Gasteiger partial charge is 0.366 e. The van der Waals surface area contributed by atoms with Crippen LogP contribution in [0.2, 0.25) is 0 Å². The number of nitrogens with zero attached hydrogens (tertiary/aromatic N) is 2. The number of nitrogens with two attached hydrogens (primary N) is 1. The average Bonchev–Trinajstić information content (AvgIpc) is 2.28. The molecule has 3 N–H and O–H groups in total. The summed E-state index contributed by atoms with van der Waals surface area (Å²) in [6, 6.07) is 3.17. The van der Waals surface area contributed by atoms with Crippen LogP contribution in [0.4, 0.5) is 11.5 Å². The quantitative estimate of drug-likeness (QED) is 0.582. The molecule has 1 rings (SSSR count). The van der Waals surface area contributed by atoms with Crippen LogP contribution in [0, 0.1) is 16.0 Å². The van der Waals surface area contributed by atoms with Crippen molar-refractivity contribution >= 4 is 11.5 Å². The minimum atomic E-state index is -0.467. The molecule has 1 aromatic heterocycles. The van der Waals surface area contributed by atoms with E-state index in [9.17, 15) is 10.1 Å². The summed E-state index contributed by atoms with van der Waals surface area (Å²) in [4.78, 5) is 14.0. The van der Waals surface area contributed by atoms with Crippen LogP contribution in [-0.4, -0.2) is 22.5 Å². The van der Waals surface area contributed by atoms with Crippen molar-refractivity contribution in [3.63, 3.8) is 0 Å². The van der Waals surface area contributed by atoms with Crippen molar-refractivity contribution in [3.8, 4) is 0 Å². The molecule has 6 nitrogen and oxygen atoms in total.